The summed E-state index contributed by atoms with van der Waals surface area (Å²) in [4.78, 5) is 6.76. The highest BCUT2D eigenvalue weighted by molar-refractivity contribution is 4.90. The summed E-state index contributed by atoms with van der Waals surface area (Å²) >= 11 is 0. The zero-order valence-corrected chi connectivity index (χ0v) is 10.1. The molecule has 0 spiro atoms. The molecular formula is C11H21N5. The van der Waals surface area contributed by atoms with E-state index in [1.54, 1.807) is 6.33 Å². The Labute approximate surface area is 96.6 Å². The summed E-state index contributed by atoms with van der Waals surface area (Å²) in [7, 11) is 0. The van der Waals surface area contributed by atoms with Crippen LogP contribution in [0.25, 0.3) is 0 Å². The molecule has 1 unspecified atom stereocenters. The number of likely N-dealkylation sites (tertiary alicyclic amines) is 1. The SMILES string of the molecule is CC(C)n1ncnc1CN1CCCC1CN. The summed E-state index contributed by atoms with van der Waals surface area (Å²) < 4.78 is 1.99. The van der Waals surface area contributed by atoms with E-state index >= 15 is 0 Å². The fraction of sp³-hybridized carbons (Fsp3) is 0.818. The van der Waals surface area contributed by atoms with Gasteiger partial charge in [0.1, 0.15) is 12.2 Å². The average molecular weight is 223 g/mol. The van der Waals surface area contributed by atoms with Crippen molar-refractivity contribution in [3.05, 3.63) is 12.2 Å². The Morgan fingerprint density at radius 2 is 2.38 bits per heavy atom. The van der Waals surface area contributed by atoms with Crippen LogP contribution in [0, 0.1) is 0 Å². The molecule has 0 bridgehead atoms. The molecular weight excluding hydrogens is 202 g/mol. The minimum absolute atomic E-state index is 0.372. The third-order valence-corrected chi connectivity index (χ3v) is 3.25. The minimum Gasteiger partial charge on any atom is -0.329 e. The predicted octanol–water partition coefficient (Wildman–Crippen LogP) is 0.782. The Bertz CT molecular complexity index is 333. The van der Waals surface area contributed by atoms with Crippen molar-refractivity contribution in [2.24, 2.45) is 5.73 Å². The van der Waals surface area contributed by atoms with Gasteiger partial charge in [-0.15, -0.1) is 0 Å². The lowest BCUT2D eigenvalue weighted by atomic mass is 10.2. The van der Waals surface area contributed by atoms with Crippen LogP contribution in [0.3, 0.4) is 0 Å². The first-order chi connectivity index (χ1) is 7.72. The van der Waals surface area contributed by atoms with Crippen LogP contribution in [0.2, 0.25) is 0 Å². The van der Waals surface area contributed by atoms with Crippen molar-refractivity contribution in [1.82, 2.24) is 19.7 Å². The van der Waals surface area contributed by atoms with Gasteiger partial charge >= 0.3 is 0 Å². The molecule has 0 radical (unpaired) electrons. The molecule has 1 aliphatic heterocycles. The standard InChI is InChI=1S/C11H21N5/c1-9(2)16-11(13-8-14-16)7-15-5-3-4-10(15)6-12/h8-10H,3-7,12H2,1-2H3. The van der Waals surface area contributed by atoms with Crippen LogP contribution in [0.4, 0.5) is 0 Å². The third kappa shape index (κ3) is 2.25. The van der Waals surface area contributed by atoms with E-state index in [0.717, 1.165) is 25.5 Å². The van der Waals surface area contributed by atoms with Crippen LogP contribution in [0.5, 0.6) is 0 Å². The Hall–Kier alpha value is -0.940. The fourth-order valence-corrected chi connectivity index (χ4v) is 2.37. The Morgan fingerprint density at radius 3 is 3.06 bits per heavy atom. The summed E-state index contributed by atoms with van der Waals surface area (Å²) in [6, 6.07) is 0.897. The largest absolute Gasteiger partial charge is 0.329 e. The number of nitrogens with zero attached hydrogens (tertiary/aromatic N) is 4. The molecule has 1 fully saturated rings. The zero-order chi connectivity index (χ0) is 11.5. The maximum absolute atomic E-state index is 5.77. The molecule has 1 saturated heterocycles. The molecule has 2 N–H and O–H groups in total. The fourth-order valence-electron chi connectivity index (χ4n) is 2.37. The normalized spacial score (nSPS) is 22.1. The van der Waals surface area contributed by atoms with Gasteiger partial charge in [0.15, 0.2) is 0 Å². The van der Waals surface area contributed by atoms with Gasteiger partial charge < -0.3 is 5.73 Å². The molecule has 1 atom stereocenters. The van der Waals surface area contributed by atoms with Crippen LogP contribution in [-0.4, -0.2) is 38.8 Å². The van der Waals surface area contributed by atoms with E-state index in [2.05, 4.69) is 28.8 Å². The molecule has 2 rings (SSSR count). The molecule has 0 aromatic carbocycles. The molecule has 1 aromatic heterocycles. The summed E-state index contributed by atoms with van der Waals surface area (Å²) in [5.41, 5.74) is 5.77. The van der Waals surface area contributed by atoms with Gasteiger partial charge in [-0.2, -0.15) is 5.10 Å². The molecule has 5 heteroatoms. The second-order valence-electron chi connectivity index (χ2n) is 4.72. The van der Waals surface area contributed by atoms with Crippen molar-refractivity contribution in [3.63, 3.8) is 0 Å². The number of hydrogen-bond donors (Lipinski definition) is 1. The summed E-state index contributed by atoms with van der Waals surface area (Å²) in [5.74, 6) is 1.05. The average Bonchev–Trinajstić information content (AvgIpc) is 2.86. The number of nitrogens with two attached hydrogens (primary N) is 1. The molecule has 16 heavy (non-hydrogen) atoms. The first-order valence-corrected chi connectivity index (χ1v) is 6.05. The highest BCUT2D eigenvalue weighted by Crippen LogP contribution is 2.19. The number of hydrogen-bond acceptors (Lipinski definition) is 4. The van der Waals surface area contributed by atoms with Crippen molar-refractivity contribution in [2.75, 3.05) is 13.1 Å². The van der Waals surface area contributed by atoms with Crippen LogP contribution < -0.4 is 5.73 Å². The highest BCUT2D eigenvalue weighted by atomic mass is 15.4. The molecule has 5 nitrogen and oxygen atoms in total. The van der Waals surface area contributed by atoms with E-state index in [0.29, 0.717) is 12.1 Å². The molecule has 2 heterocycles. The second kappa shape index (κ2) is 4.93. The maximum Gasteiger partial charge on any atom is 0.141 e. The van der Waals surface area contributed by atoms with Crippen molar-refractivity contribution in [3.8, 4) is 0 Å². The van der Waals surface area contributed by atoms with Crippen LogP contribution >= 0.6 is 0 Å². The van der Waals surface area contributed by atoms with Crippen LogP contribution in [0.1, 0.15) is 38.6 Å². The first-order valence-electron chi connectivity index (χ1n) is 6.05. The van der Waals surface area contributed by atoms with Crippen LogP contribution in [0.15, 0.2) is 6.33 Å². The van der Waals surface area contributed by atoms with E-state index in [1.165, 1.54) is 12.8 Å². The van der Waals surface area contributed by atoms with Gasteiger partial charge in [0.2, 0.25) is 0 Å². The van der Waals surface area contributed by atoms with Crippen molar-refractivity contribution >= 4 is 0 Å². The quantitative estimate of drug-likeness (QED) is 0.819. The lowest BCUT2D eigenvalue weighted by molar-refractivity contribution is 0.237. The lowest BCUT2D eigenvalue weighted by Gasteiger charge is -2.23. The Morgan fingerprint density at radius 1 is 1.56 bits per heavy atom. The number of rotatable bonds is 4. The Balaban J connectivity index is 2.05. The molecule has 1 aromatic rings. The monoisotopic (exact) mass is 223 g/mol. The van der Waals surface area contributed by atoms with Crippen molar-refractivity contribution < 1.29 is 0 Å². The van der Waals surface area contributed by atoms with E-state index in [-0.39, 0.29) is 0 Å². The van der Waals surface area contributed by atoms with E-state index in [1.807, 2.05) is 4.68 Å². The van der Waals surface area contributed by atoms with Gasteiger partial charge in [-0.05, 0) is 33.2 Å². The topological polar surface area (TPSA) is 60.0 Å². The van der Waals surface area contributed by atoms with Gasteiger partial charge in [-0.1, -0.05) is 0 Å². The second-order valence-corrected chi connectivity index (χ2v) is 4.72. The summed E-state index contributed by atoms with van der Waals surface area (Å²) in [5, 5.41) is 4.26. The molecule has 0 amide bonds. The van der Waals surface area contributed by atoms with E-state index in [9.17, 15) is 0 Å². The molecule has 90 valence electrons. The molecule has 1 aliphatic rings. The summed E-state index contributed by atoms with van der Waals surface area (Å²) in [6.45, 7) is 7.01. The highest BCUT2D eigenvalue weighted by Gasteiger charge is 2.24. The first kappa shape index (κ1) is 11.5. The van der Waals surface area contributed by atoms with Gasteiger partial charge in [-0.25, -0.2) is 9.67 Å². The molecule has 0 aliphatic carbocycles. The van der Waals surface area contributed by atoms with Crippen molar-refractivity contribution in [2.45, 2.75) is 45.3 Å². The lowest BCUT2D eigenvalue weighted by Crippen LogP contribution is -2.35. The van der Waals surface area contributed by atoms with Gasteiger partial charge in [-0.3, -0.25) is 4.90 Å². The third-order valence-electron chi connectivity index (χ3n) is 3.25. The predicted molar refractivity (Wildman–Crippen MR) is 62.9 cm³/mol. The number of aromatic nitrogens is 3. The smallest absolute Gasteiger partial charge is 0.141 e. The summed E-state index contributed by atoms with van der Waals surface area (Å²) in [6.07, 6.45) is 4.10. The van der Waals surface area contributed by atoms with Crippen LogP contribution in [-0.2, 0) is 6.54 Å². The van der Waals surface area contributed by atoms with Gasteiger partial charge in [0.05, 0.1) is 6.54 Å². The van der Waals surface area contributed by atoms with E-state index < -0.39 is 0 Å². The van der Waals surface area contributed by atoms with Crippen molar-refractivity contribution in [1.29, 1.82) is 0 Å². The minimum atomic E-state index is 0.372. The molecule has 0 saturated carbocycles. The maximum atomic E-state index is 5.77. The Kier molecular flexibility index (Phi) is 3.56. The van der Waals surface area contributed by atoms with Gasteiger partial charge in [0, 0.05) is 18.6 Å². The van der Waals surface area contributed by atoms with E-state index in [4.69, 9.17) is 5.73 Å². The zero-order valence-electron chi connectivity index (χ0n) is 10.1. The van der Waals surface area contributed by atoms with Gasteiger partial charge in [0.25, 0.3) is 0 Å².